The molecule has 1 aliphatic heterocycles. The maximum Gasteiger partial charge on any atom is 0.406 e. The molecular formula is C20H19F4N5. The number of pyridine rings is 1. The second kappa shape index (κ2) is 7.28. The second-order valence-corrected chi connectivity index (χ2v) is 7.43. The van der Waals surface area contributed by atoms with Gasteiger partial charge in [-0.1, -0.05) is 6.07 Å². The van der Waals surface area contributed by atoms with Gasteiger partial charge in [-0.3, -0.25) is 9.88 Å². The summed E-state index contributed by atoms with van der Waals surface area (Å²) in [5.41, 5.74) is 0.663. The molecule has 1 fully saturated rings. The summed E-state index contributed by atoms with van der Waals surface area (Å²) in [5, 5.41) is 9.51. The average Bonchev–Trinajstić information content (AvgIpc) is 2.96. The highest BCUT2D eigenvalue weighted by atomic mass is 19.4. The van der Waals surface area contributed by atoms with Crippen LogP contribution in [0.2, 0.25) is 0 Å². The predicted octanol–water partition coefficient (Wildman–Crippen LogP) is 3.51. The van der Waals surface area contributed by atoms with Crippen LogP contribution in [0.15, 0.2) is 24.4 Å². The topological polar surface area (TPSA) is 48.1 Å². The Labute approximate surface area is 164 Å². The molecule has 0 N–H and O–H groups in total. The van der Waals surface area contributed by atoms with E-state index in [4.69, 9.17) is 5.26 Å². The molecule has 1 aliphatic rings. The molecule has 152 valence electrons. The van der Waals surface area contributed by atoms with E-state index < -0.39 is 18.5 Å². The van der Waals surface area contributed by atoms with E-state index in [9.17, 15) is 17.6 Å². The summed E-state index contributed by atoms with van der Waals surface area (Å²) in [5.74, 6) is -0.974. The lowest BCUT2D eigenvalue weighted by Crippen LogP contribution is -2.43. The highest BCUT2D eigenvalue weighted by molar-refractivity contribution is 6.06. The van der Waals surface area contributed by atoms with E-state index >= 15 is 0 Å². The fourth-order valence-electron chi connectivity index (χ4n) is 3.83. The summed E-state index contributed by atoms with van der Waals surface area (Å²) in [7, 11) is 2.06. The van der Waals surface area contributed by atoms with Gasteiger partial charge < -0.3 is 9.47 Å². The molecule has 0 radical (unpaired) electrons. The van der Waals surface area contributed by atoms with Gasteiger partial charge in [0.2, 0.25) is 0 Å². The van der Waals surface area contributed by atoms with E-state index in [1.165, 1.54) is 0 Å². The van der Waals surface area contributed by atoms with Crippen LogP contribution in [0.1, 0.15) is 11.1 Å². The van der Waals surface area contributed by atoms with Crippen molar-refractivity contribution in [3.05, 3.63) is 41.3 Å². The minimum Gasteiger partial charge on any atom is -0.328 e. The van der Waals surface area contributed by atoms with Crippen molar-refractivity contribution in [1.29, 1.82) is 5.26 Å². The van der Waals surface area contributed by atoms with Crippen LogP contribution >= 0.6 is 0 Å². The first-order chi connectivity index (χ1) is 13.8. The number of piperazine rings is 1. The number of hydrogen-bond donors (Lipinski definition) is 0. The number of alkyl halides is 3. The fourth-order valence-corrected chi connectivity index (χ4v) is 3.83. The molecule has 0 bridgehead atoms. The SMILES string of the molecule is CN1CCN(Cc2ccc3c(c2)c2ncc(C#N)c(F)c2n3CC(F)(F)F)CC1. The summed E-state index contributed by atoms with van der Waals surface area (Å²) in [6.07, 6.45) is -3.46. The molecular weight excluding hydrogens is 386 g/mol. The standard InChI is InChI=1S/C20H19F4N5/c1-27-4-6-28(7-5-27)11-13-2-3-16-15(8-13)18-19(29(16)12-20(22,23)24)17(21)14(9-25)10-26-18/h2-3,8,10H,4-7,11-12H2,1H3. The molecule has 0 amide bonds. The quantitative estimate of drug-likeness (QED) is 0.626. The van der Waals surface area contributed by atoms with E-state index in [0.717, 1.165) is 42.5 Å². The number of likely N-dealkylation sites (N-methyl/N-ethyl adjacent to an activating group) is 1. The van der Waals surface area contributed by atoms with E-state index in [1.54, 1.807) is 24.3 Å². The molecule has 0 aliphatic carbocycles. The molecule has 0 spiro atoms. The summed E-state index contributed by atoms with van der Waals surface area (Å²) < 4.78 is 55.2. The Morgan fingerprint density at radius 1 is 1.17 bits per heavy atom. The Hall–Kier alpha value is -2.70. The lowest BCUT2D eigenvalue weighted by Gasteiger charge is -2.32. The largest absolute Gasteiger partial charge is 0.406 e. The molecule has 0 unspecified atom stereocenters. The summed E-state index contributed by atoms with van der Waals surface area (Å²) >= 11 is 0. The van der Waals surface area contributed by atoms with Gasteiger partial charge in [-0.15, -0.1) is 0 Å². The average molecular weight is 405 g/mol. The zero-order chi connectivity index (χ0) is 20.8. The second-order valence-electron chi connectivity index (χ2n) is 7.43. The molecule has 4 rings (SSSR count). The Morgan fingerprint density at radius 2 is 1.90 bits per heavy atom. The number of nitrogens with zero attached hydrogens (tertiary/aromatic N) is 5. The van der Waals surface area contributed by atoms with Gasteiger partial charge in [0.1, 0.15) is 23.7 Å². The predicted molar refractivity (Wildman–Crippen MR) is 101 cm³/mol. The molecule has 3 heterocycles. The maximum atomic E-state index is 14.8. The lowest BCUT2D eigenvalue weighted by molar-refractivity contribution is -0.139. The first-order valence-electron chi connectivity index (χ1n) is 9.24. The maximum absolute atomic E-state index is 14.8. The summed E-state index contributed by atoms with van der Waals surface area (Å²) in [4.78, 5) is 8.63. The smallest absolute Gasteiger partial charge is 0.328 e. The van der Waals surface area contributed by atoms with Gasteiger partial charge in [-0.2, -0.15) is 18.4 Å². The minimum absolute atomic E-state index is 0.140. The van der Waals surface area contributed by atoms with E-state index in [0.29, 0.717) is 11.9 Å². The molecule has 0 saturated carbocycles. The van der Waals surface area contributed by atoms with E-state index in [-0.39, 0.29) is 22.1 Å². The molecule has 9 heteroatoms. The third-order valence-corrected chi connectivity index (χ3v) is 5.33. The Bertz CT molecular complexity index is 1100. The number of halogens is 4. The van der Waals surface area contributed by atoms with Crippen molar-refractivity contribution in [2.45, 2.75) is 19.3 Å². The minimum atomic E-state index is -4.54. The normalized spacial score (nSPS) is 16.6. The number of hydrogen-bond acceptors (Lipinski definition) is 4. The van der Waals surface area contributed by atoms with Crippen molar-refractivity contribution in [2.24, 2.45) is 0 Å². The van der Waals surface area contributed by atoms with Crippen LogP contribution in [-0.2, 0) is 13.1 Å². The Kier molecular flexibility index (Phi) is 4.92. The molecule has 5 nitrogen and oxygen atoms in total. The van der Waals surface area contributed by atoms with Crippen LogP contribution in [-0.4, -0.2) is 58.8 Å². The van der Waals surface area contributed by atoms with Gasteiger partial charge in [0.05, 0.1) is 11.0 Å². The Balaban J connectivity index is 1.83. The number of nitriles is 1. The zero-order valence-corrected chi connectivity index (χ0v) is 15.8. The van der Waals surface area contributed by atoms with Gasteiger partial charge in [0, 0.05) is 44.3 Å². The summed E-state index contributed by atoms with van der Waals surface area (Å²) in [6.45, 7) is 3.03. The molecule has 0 atom stereocenters. The van der Waals surface area contributed by atoms with Gasteiger partial charge in [-0.05, 0) is 24.7 Å². The summed E-state index contributed by atoms with van der Waals surface area (Å²) in [6, 6.07) is 6.78. The third kappa shape index (κ3) is 3.78. The van der Waals surface area contributed by atoms with Gasteiger partial charge >= 0.3 is 6.18 Å². The highest BCUT2D eigenvalue weighted by Gasteiger charge is 2.31. The first kappa shape index (κ1) is 19.6. The molecule has 29 heavy (non-hydrogen) atoms. The van der Waals surface area contributed by atoms with Crippen LogP contribution in [0.5, 0.6) is 0 Å². The number of rotatable bonds is 3. The van der Waals surface area contributed by atoms with Crippen molar-refractivity contribution in [3.8, 4) is 6.07 Å². The molecule has 2 aromatic heterocycles. The molecule has 1 aromatic carbocycles. The highest BCUT2D eigenvalue weighted by Crippen LogP contribution is 2.33. The van der Waals surface area contributed by atoms with Crippen molar-refractivity contribution in [1.82, 2.24) is 19.4 Å². The van der Waals surface area contributed by atoms with Crippen LogP contribution in [0, 0.1) is 17.1 Å². The van der Waals surface area contributed by atoms with Crippen LogP contribution < -0.4 is 0 Å². The number of aromatic nitrogens is 2. The van der Waals surface area contributed by atoms with Gasteiger partial charge in [0.25, 0.3) is 0 Å². The van der Waals surface area contributed by atoms with Crippen molar-refractivity contribution < 1.29 is 17.6 Å². The van der Waals surface area contributed by atoms with Crippen molar-refractivity contribution in [2.75, 3.05) is 33.2 Å². The molecule has 3 aromatic rings. The number of fused-ring (bicyclic) bond motifs is 3. The Morgan fingerprint density at radius 3 is 2.55 bits per heavy atom. The van der Waals surface area contributed by atoms with Crippen LogP contribution in [0.4, 0.5) is 17.6 Å². The van der Waals surface area contributed by atoms with Crippen LogP contribution in [0.3, 0.4) is 0 Å². The van der Waals surface area contributed by atoms with E-state index in [2.05, 4.69) is 21.8 Å². The molecule has 1 saturated heterocycles. The van der Waals surface area contributed by atoms with Crippen LogP contribution in [0.25, 0.3) is 21.9 Å². The van der Waals surface area contributed by atoms with Crippen molar-refractivity contribution in [3.63, 3.8) is 0 Å². The van der Waals surface area contributed by atoms with Gasteiger partial charge in [0.15, 0.2) is 5.82 Å². The van der Waals surface area contributed by atoms with E-state index in [1.807, 2.05) is 0 Å². The van der Waals surface area contributed by atoms with Crippen molar-refractivity contribution >= 4 is 21.9 Å². The van der Waals surface area contributed by atoms with Gasteiger partial charge in [-0.25, -0.2) is 4.39 Å². The zero-order valence-electron chi connectivity index (χ0n) is 15.8. The third-order valence-electron chi connectivity index (χ3n) is 5.33. The first-order valence-corrected chi connectivity index (χ1v) is 9.24. The lowest BCUT2D eigenvalue weighted by atomic mass is 10.1. The monoisotopic (exact) mass is 405 g/mol. The fraction of sp³-hybridized carbons (Fsp3) is 0.400. The number of benzene rings is 1.